The third-order valence-corrected chi connectivity index (χ3v) is 2.80. The van der Waals surface area contributed by atoms with Crippen molar-refractivity contribution in [1.29, 1.82) is 0 Å². The van der Waals surface area contributed by atoms with Crippen molar-refractivity contribution >= 4 is 11.6 Å². The maximum Gasteiger partial charge on any atom is 0.131 e. The van der Waals surface area contributed by atoms with Crippen LogP contribution in [0.15, 0.2) is 30.9 Å². The van der Waals surface area contributed by atoms with Crippen LogP contribution < -0.4 is 16.4 Å². The zero-order chi connectivity index (χ0) is 13.5. The minimum Gasteiger partial charge on any atom is -0.367 e. The van der Waals surface area contributed by atoms with Crippen LogP contribution in [0.2, 0.25) is 0 Å². The normalized spacial score (nSPS) is 12.1. The van der Waals surface area contributed by atoms with Gasteiger partial charge in [-0.1, -0.05) is 0 Å². The van der Waals surface area contributed by atoms with Crippen molar-refractivity contribution in [2.75, 3.05) is 17.2 Å². The summed E-state index contributed by atoms with van der Waals surface area (Å²) in [6.45, 7) is 3.48. The molecule has 6 heteroatoms. The first-order chi connectivity index (χ1) is 9.28. The smallest absolute Gasteiger partial charge is 0.131 e. The number of anilines is 2. The molecule has 102 valence electrons. The third kappa shape index (κ3) is 4.26. The Morgan fingerprint density at radius 2 is 2.21 bits per heavy atom. The van der Waals surface area contributed by atoms with E-state index in [1.54, 1.807) is 6.33 Å². The Balaban J connectivity index is 1.91. The molecule has 0 aliphatic carbocycles. The van der Waals surface area contributed by atoms with E-state index < -0.39 is 0 Å². The Kier molecular flexibility index (Phi) is 4.74. The molecule has 2 rings (SSSR count). The summed E-state index contributed by atoms with van der Waals surface area (Å²) in [5.74, 6) is 1.62. The first-order valence-corrected chi connectivity index (χ1v) is 6.42. The lowest BCUT2D eigenvalue weighted by Crippen LogP contribution is -2.20. The Hall–Kier alpha value is -2.08. The zero-order valence-electron chi connectivity index (χ0n) is 11.1. The topological polar surface area (TPSA) is 91.7 Å². The summed E-state index contributed by atoms with van der Waals surface area (Å²) in [5, 5.41) is 6.56. The second kappa shape index (κ2) is 6.75. The van der Waals surface area contributed by atoms with Gasteiger partial charge in [-0.25, -0.2) is 9.97 Å². The van der Waals surface area contributed by atoms with Crippen molar-refractivity contribution in [3.8, 4) is 0 Å². The van der Waals surface area contributed by atoms with Gasteiger partial charge in [0, 0.05) is 31.0 Å². The van der Waals surface area contributed by atoms with Crippen molar-refractivity contribution in [2.24, 2.45) is 5.73 Å². The van der Waals surface area contributed by atoms with Crippen LogP contribution in [-0.4, -0.2) is 27.5 Å². The Morgan fingerprint density at radius 3 is 2.95 bits per heavy atom. The molecule has 19 heavy (non-hydrogen) atoms. The lowest BCUT2D eigenvalue weighted by atomic mass is 10.2. The van der Waals surface area contributed by atoms with Gasteiger partial charge in [0.15, 0.2) is 0 Å². The molecule has 5 N–H and O–H groups in total. The van der Waals surface area contributed by atoms with Gasteiger partial charge >= 0.3 is 0 Å². The molecular weight excluding hydrogens is 240 g/mol. The van der Waals surface area contributed by atoms with Crippen molar-refractivity contribution in [3.05, 3.63) is 36.4 Å². The van der Waals surface area contributed by atoms with E-state index in [2.05, 4.69) is 32.5 Å². The van der Waals surface area contributed by atoms with Crippen molar-refractivity contribution in [3.63, 3.8) is 0 Å². The van der Waals surface area contributed by atoms with E-state index in [0.29, 0.717) is 12.6 Å². The number of nitrogens with two attached hydrogens (primary N) is 1. The van der Waals surface area contributed by atoms with E-state index in [9.17, 15) is 0 Å². The summed E-state index contributed by atoms with van der Waals surface area (Å²) >= 11 is 0. The minimum absolute atomic E-state index is 0.303. The Morgan fingerprint density at radius 1 is 1.37 bits per heavy atom. The summed E-state index contributed by atoms with van der Waals surface area (Å²) in [4.78, 5) is 11.4. The maximum absolute atomic E-state index is 5.53. The van der Waals surface area contributed by atoms with E-state index in [4.69, 9.17) is 5.73 Å². The van der Waals surface area contributed by atoms with E-state index in [-0.39, 0.29) is 0 Å². The number of rotatable bonds is 7. The van der Waals surface area contributed by atoms with Gasteiger partial charge in [0.05, 0.1) is 0 Å². The predicted octanol–water partition coefficient (Wildman–Crippen LogP) is 1.57. The van der Waals surface area contributed by atoms with E-state index in [1.807, 2.05) is 24.5 Å². The predicted molar refractivity (Wildman–Crippen MR) is 76.9 cm³/mol. The molecule has 1 unspecified atom stereocenters. The SMILES string of the molecule is CC(CCN)Nc1cc(NCc2cc[nH]c2)ncn1. The van der Waals surface area contributed by atoms with Crippen LogP contribution in [0.5, 0.6) is 0 Å². The third-order valence-electron chi connectivity index (χ3n) is 2.80. The number of hydrogen-bond donors (Lipinski definition) is 4. The highest BCUT2D eigenvalue weighted by Gasteiger charge is 2.03. The van der Waals surface area contributed by atoms with Crippen LogP contribution >= 0.6 is 0 Å². The van der Waals surface area contributed by atoms with Gasteiger partial charge in [-0.05, 0) is 31.5 Å². The fourth-order valence-electron chi connectivity index (χ4n) is 1.77. The molecule has 0 amide bonds. The van der Waals surface area contributed by atoms with E-state index >= 15 is 0 Å². The second-order valence-electron chi connectivity index (χ2n) is 4.48. The quantitative estimate of drug-likeness (QED) is 0.606. The molecule has 0 fully saturated rings. The number of aromatic nitrogens is 3. The number of H-pyrrole nitrogens is 1. The highest BCUT2D eigenvalue weighted by Crippen LogP contribution is 2.11. The molecule has 2 aromatic rings. The van der Waals surface area contributed by atoms with Crippen molar-refractivity contribution < 1.29 is 0 Å². The van der Waals surface area contributed by atoms with Gasteiger partial charge in [-0.3, -0.25) is 0 Å². The fraction of sp³-hybridized carbons (Fsp3) is 0.385. The molecule has 0 bridgehead atoms. The average Bonchev–Trinajstić information content (AvgIpc) is 2.90. The van der Waals surface area contributed by atoms with Gasteiger partial charge in [0.2, 0.25) is 0 Å². The van der Waals surface area contributed by atoms with Crippen LogP contribution in [0.1, 0.15) is 18.9 Å². The first-order valence-electron chi connectivity index (χ1n) is 6.42. The summed E-state index contributed by atoms with van der Waals surface area (Å²) in [6, 6.07) is 4.23. The van der Waals surface area contributed by atoms with Crippen molar-refractivity contribution in [1.82, 2.24) is 15.0 Å². The van der Waals surface area contributed by atoms with Crippen LogP contribution in [0.25, 0.3) is 0 Å². The van der Waals surface area contributed by atoms with Crippen LogP contribution in [-0.2, 0) is 6.54 Å². The van der Waals surface area contributed by atoms with Gasteiger partial charge in [0.1, 0.15) is 18.0 Å². The first kappa shape index (κ1) is 13.4. The Labute approximate surface area is 112 Å². The highest BCUT2D eigenvalue weighted by atomic mass is 15.1. The standard InChI is InChI=1S/C13H20N6/c1-10(2-4-14)19-13-6-12(17-9-18-13)16-8-11-3-5-15-7-11/h3,5-7,9-10,15H,2,4,8,14H2,1H3,(H2,16,17,18,19). The molecule has 2 heterocycles. The number of nitrogens with zero attached hydrogens (tertiary/aromatic N) is 2. The summed E-state index contributed by atoms with van der Waals surface area (Å²) < 4.78 is 0. The largest absolute Gasteiger partial charge is 0.367 e. The highest BCUT2D eigenvalue weighted by molar-refractivity contribution is 5.47. The lowest BCUT2D eigenvalue weighted by Gasteiger charge is -2.13. The van der Waals surface area contributed by atoms with Crippen LogP contribution in [0.3, 0.4) is 0 Å². The Bertz CT molecular complexity index is 482. The molecule has 2 aromatic heterocycles. The molecule has 6 nitrogen and oxygen atoms in total. The van der Waals surface area contributed by atoms with E-state index in [0.717, 1.165) is 24.6 Å². The molecule has 0 saturated heterocycles. The van der Waals surface area contributed by atoms with Crippen molar-refractivity contribution in [2.45, 2.75) is 25.9 Å². The molecule has 1 atom stereocenters. The number of nitrogens with one attached hydrogen (secondary N) is 3. The number of aromatic amines is 1. The molecule has 0 aromatic carbocycles. The monoisotopic (exact) mass is 260 g/mol. The van der Waals surface area contributed by atoms with Gasteiger partial charge in [-0.15, -0.1) is 0 Å². The van der Waals surface area contributed by atoms with Crippen LogP contribution in [0.4, 0.5) is 11.6 Å². The average molecular weight is 260 g/mol. The molecule has 0 saturated carbocycles. The second-order valence-corrected chi connectivity index (χ2v) is 4.48. The van der Waals surface area contributed by atoms with E-state index in [1.165, 1.54) is 5.56 Å². The fourth-order valence-corrected chi connectivity index (χ4v) is 1.77. The minimum atomic E-state index is 0.303. The van der Waals surface area contributed by atoms with Gasteiger partial charge < -0.3 is 21.4 Å². The molecule has 0 radical (unpaired) electrons. The van der Waals surface area contributed by atoms with Crippen LogP contribution in [0, 0.1) is 0 Å². The summed E-state index contributed by atoms with van der Waals surface area (Å²) in [6.07, 6.45) is 6.32. The maximum atomic E-state index is 5.53. The molecule has 0 aliphatic heterocycles. The summed E-state index contributed by atoms with van der Waals surface area (Å²) in [7, 11) is 0. The molecule has 0 spiro atoms. The molecule has 0 aliphatic rings. The van der Waals surface area contributed by atoms with Gasteiger partial charge in [-0.2, -0.15) is 0 Å². The summed E-state index contributed by atoms with van der Waals surface area (Å²) in [5.41, 5.74) is 6.71. The number of hydrogen-bond acceptors (Lipinski definition) is 5. The molecular formula is C13H20N6. The lowest BCUT2D eigenvalue weighted by molar-refractivity contribution is 0.713. The van der Waals surface area contributed by atoms with Gasteiger partial charge in [0.25, 0.3) is 0 Å². The zero-order valence-corrected chi connectivity index (χ0v) is 11.1.